The second kappa shape index (κ2) is 7.84. The van der Waals surface area contributed by atoms with E-state index in [1.165, 1.54) is 7.11 Å². The smallest absolute Gasteiger partial charge is 0.337 e. The Morgan fingerprint density at radius 1 is 1.08 bits per heavy atom. The zero-order valence-electron chi connectivity index (χ0n) is 14.3. The number of nitrogens with one attached hydrogen (secondary N) is 2. The van der Waals surface area contributed by atoms with Crippen molar-refractivity contribution in [3.05, 3.63) is 70.9 Å². The van der Waals surface area contributed by atoms with Crippen LogP contribution in [0.15, 0.2) is 54.7 Å². The lowest BCUT2D eigenvalue weighted by Crippen LogP contribution is -2.02. The first-order valence-electron chi connectivity index (χ1n) is 7.87. The Bertz CT molecular complexity index is 929. The molecule has 0 bridgehead atoms. The van der Waals surface area contributed by atoms with Crippen LogP contribution in [0.5, 0.6) is 0 Å². The highest BCUT2D eigenvalue weighted by atomic mass is 35.5. The molecule has 0 radical (unpaired) electrons. The summed E-state index contributed by atoms with van der Waals surface area (Å²) in [4.78, 5) is 20.1. The van der Waals surface area contributed by atoms with Gasteiger partial charge in [0.1, 0.15) is 5.82 Å². The van der Waals surface area contributed by atoms with Gasteiger partial charge in [-0.05, 0) is 61.0 Å². The lowest BCUT2D eigenvalue weighted by molar-refractivity contribution is 0.0601. The Hall–Kier alpha value is -3.12. The molecule has 0 amide bonds. The summed E-state index contributed by atoms with van der Waals surface area (Å²) in [6, 6.07) is 14.3. The first-order chi connectivity index (χ1) is 12.5. The Kier molecular flexibility index (Phi) is 5.34. The van der Waals surface area contributed by atoms with E-state index < -0.39 is 0 Å². The number of hydrogen-bond acceptors (Lipinski definition) is 6. The van der Waals surface area contributed by atoms with Crippen LogP contribution in [0, 0.1) is 6.92 Å². The molecule has 0 aliphatic rings. The number of rotatable bonds is 5. The number of aryl methyl sites for hydroxylation is 1. The molecule has 0 saturated heterocycles. The molecule has 132 valence electrons. The summed E-state index contributed by atoms with van der Waals surface area (Å²) in [5.41, 5.74) is 3.16. The van der Waals surface area contributed by atoms with Gasteiger partial charge in [-0.1, -0.05) is 11.6 Å². The summed E-state index contributed by atoms with van der Waals surface area (Å²) >= 11 is 5.98. The minimum absolute atomic E-state index is 0.372. The predicted octanol–water partition coefficient (Wildman–Crippen LogP) is 4.71. The fourth-order valence-corrected chi connectivity index (χ4v) is 2.56. The zero-order valence-corrected chi connectivity index (χ0v) is 15.0. The molecule has 1 aromatic heterocycles. The molecule has 0 aliphatic carbocycles. The van der Waals surface area contributed by atoms with Crippen molar-refractivity contribution in [2.45, 2.75) is 6.92 Å². The van der Waals surface area contributed by atoms with Crippen LogP contribution in [0.25, 0.3) is 0 Å². The highest BCUT2D eigenvalue weighted by molar-refractivity contribution is 6.30. The predicted molar refractivity (Wildman–Crippen MR) is 103 cm³/mol. The van der Waals surface area contributed by atoms with Crippen molar-refractivity contribution in [1.82, 2.24) is 9.97 Å². The Morgan fingerprint density at radius 3 is 2.54 bits per heavy atom. The van der Waals surface area contributed by atoms with Gasteiger partial charge in [-0.25, -0.2) is 9.78 Å². The van der Waals surface area contributed by atoms with Crippen molar-refractivity contribution in [3.63, 3.8) is 0 Å². The summed E-state index contributed by atoms with van der Waals surface area (Å²) in [6.45, 7) is 1.96. The molecule has 6 nitrogen and oxygen atoms in total. The van der Waals surface area contributed by atoms with E-state index in [4.69, 9.17) is 11.6 Å². The quantitative estimate of drug-likeness (QED) is 0.635. The van der Waals surface area contributed by atoms with Crippen LogP contribution < -0.4 is 10.6 Å². The van der Waals surface area contributed by atoms with Crippen molar-refractivity contribution >= 4 is 40.7 Å². The number of halogens is 1. The van der Waals surface area contributed by atoms with E-state index in [9.17, 15) is 4.79 Å². The zero-order chi connectivity index (χ0) is 18.5. The lowest BCUT2D eigenvalue weighted by Gasteiger charge is -2.10. The molecular weight excluding hydrogens is 352 g/mol. The second-order valence-corrected chi connectivity index (χ2v) is 5.98. The number of nitrogens with zero attached hydrogens (tertiary/aromatic N) is 2. The van der Waals surface area contributed by atoms with Crippen LogP contribution >= 0.6 is 11.6 Å². The van der Waals surface area contributed by atoms with Crippen LogP contribution in [0.1, 0.15) is 15.9 Å². The monoisotopic (exact) mass is 368 g/mol. The molecule has 0 spiro atoms. The molecule has 0 fully saturated rings. The summed E-state index contributed by atoms with van der Waals surface area (Å²) in [5, 5.41) is 7.03. The van der Waals surface area contributed by atoms with Crippen LogP contribution in [0.2, 0.25) is 5.02 Å². The summed E-state index contributed by atoms with van der Waals surface area (Å²) < 4.78 is 4.69. The van der Waals surface area contributed by atoms with Gasteiger partial charge in [-0.2, -0.15) is 4.98 Å². The molecule has 3 rings (SSSR count). The average Bonchev–Trinajstić information content (AvgIpc) is 2.64. The Morgan fingerprint density at radius 2 is 1.85 bits per heavy atom. The molecule has 0 aliphatic heterocycles. The standard InChI is InChI=1S/C19H17ClN4O2/c1-12-11-14(20)5-8-16(12)23-19-21-10-9-17(24-19)22-15-6-3-13(4-7-15)18(25)26-2/h3-11H,1-2H3,(H2,21,22,23,24). The minimum atomic E-state index is -0.372. The number of carbonyl (C=O) groups excluding carboxylic acids is 1. The van der Waals surface area contributed by atoms with E-state index in [-0.39, 0.29) is 5.97 Å². The molecule has 26 heavy (non-hydrogen) atoms. The number of carbonyl (C=O) groups is 1. The van der Waals surface area contributed by atoms with E-state index in [1.807, 2.05) is 25.1 Å². The van der Waals surface area contributed by atoms with Gasteiger partial charge < -0.3 is 15.4 Å². The largest absolute Gasteiger partial charge is 0.465 e. The number of anilines is 4. The second-order valence-electron chi connectivity index (χ2n) is 5.54. The first kappa shape index (κ1) is 17.7. The van der Waals surface area contributed by atoms with Crippen molar-refractivity contribution in [3.8, 4) is 0 Å². The fourth-order valence-electron chi connectivity index (χ4n) is 2.33. The van der Waals surface area contributed by atoms with E-state index in [2.05, 4.69) is 25.3 Å². The number of aromatic nitrogens is 2. The number of methoxy groups -OCH3 is 1. The van der Waals surface area contributed by atoms with Gasteiger partial charge in [0.15, 0.2) is 0 Å². The van der Waals surface area contributed by atoms with E-state index in [1.54, 1.807) is 36.5 Å². The van der Waals surface area contributed by atoms with Crippen LogP contribution in [0.3, 0.4) is 0 Å². The maximum atomic E-state index is 11.5. The van der Waals surface area contributed by atoms with Gasteiger partial charge in [-0.3, -0.25) is 0 Å². The Balaban J connectivity index is 1.74. The van der Waals surface area contributed by atoms with Crippen molar-refractivity contribution in [2.75, 3.05) is 17.7 Å². The summed E-state index contributed by atoms with van der Waals surface area (Å²) in [6.07, 6.45) is 1.66. The van der Waals surface area contributed by atoms with Gasteiger partial charge in [0.25, 0.3) is 0 Å². The maximum absolute atomic E-state index is 11.5. The van der Waals surface area contributed by atoms with Crippen molar-refractivity contribution in [2.24, 2.45) is 0 Å². The third-order valence-corrected chi connectivity index (χ3v) is 3.90. The van der Waals surface area contributed by atoms with Gasteiger partial charge in [0.2, 0.25) is 5.95 Å². The van der Waals surface area contributed by atoms with Crippen molar-refractivity contribution < 1.29 is 9.53 Å². The molecule has 2 N–H and O–H groups in total. The third-order valence-electron chi connectivity index (χ3n) is 3.67. The van der Waals surface area contributed by atoms with Gasteiger partial charge >= 0.3 is 5.97 Å². The van der Waals surface area contributed by atoms with Gasteiger partial charge in [0.05, 0.1) is 12.7 Å². The molecule has 0 atom stereocenters. The highest BCUT2D eigenvalue weighted by Crippen LogP contribution is 2.23. The van der Waals surface area contributed by atoms with E-state index in [0.29, 0.717) is 22.4 Å². The molecule has 0 saturated carbocycles. The van der Waals surface area contributed by atoms with Gasteiger partial charge in [0, 0.05) is 22.6 Å². The number of esters is 1. The normalized spacial score (nSPS) is 10.3. The molecular formula is C19H17ClN4O2. The Labute approximate surface area is 156 Å². The third kappa shape index (κ3) is 4.29. The van der Waals surface area contributed by atoms with Crippen molar-refractivity contribution in [1.29, 1.82) is 0 Å². The van der Waals surface area contributed by atoms with Crippen LogP contribution in [-0.2, 0) is 4.74 Å². The van der Waals surface area contributed by atoms with Crippen LogP contribution in [0.4, 0.5) is 23.1 Å². The summed E-state index contributed by atoms with van der Waals surface area (Å²) in [5.74, 6) is 0.718. The first-order valence-corrected chi connectivity index (χ1v) is 8.24. The SMILES string of the molecule is COC(=O)c1ccc(Nc2ccnc(Nc3ccc(Cl)cc3C)n2)cc1. The molecule has 3 aromatic rings. The maximum Gasteiger partial charge on any atom is 0.337 e. The molecule has 7 heteroatoms. The van der Waals surface area contributed by atoms with Gasteiger partial charge in [-0.15, -0.1) is 0 Å². The number of hydrogen-bond donors (Lipinski definition) is 2. The lowest BCUT2D eigenvalue weighted by atomic mass is 10.2. The van der Waals surface area contributed by atoms with E-state index in [0.717, 1.165) is 16.9 Å². The fraction of sp³-hybridized carbons (Fsp3) is 0.105. The number of benzene rings is 2. The van der Waals surface area contributed by atoms with Crippen LogP contribution in [-0.4, -0.2) is 23.0 Å². The summed E-state index contributed by atoms with van der Waals surface area (Å²) in [7, 11) is 1.35. The highest BCUT2D eigenvalue weighted by Gasteiger charge is 2.06. The minimum Gasteiger partial charge on any atom is -0.465 e. The average molecular weight is 369 g/mol. The topological polar surface area (TPSA) is 76.1 Å². The molecule has 1 heterocycles. The number of ether oxygens (including phenoxy) is 1. The molecule has 0 unspecified atom stereocenters. The van der Waals surface area contributed by atoms with E-state index >= 15 is 0 Å². The molecule has 2 aromatic carbocycles.